The third-order valence-electron chi connectivity index (χ3n) is 3.97. The fourth-order valence-electron chi connectivity index (χ4n) is 2.66. The number of aryl methyl sites for hydroxylation is 1. The molecule has 4 nitrogen and oxygen atoms in total. The highest BCUT2D eigenvalue weighted by Gasteiger charge is 2.19. The molecule has 0 saturated heterocycles. The topological polar surface area (TPSA) is 54.3 Å². The number of carbonyl (C=O) groups excluding carboxylic acids is 1. The van der Waals surface area contributed by atoms with E-state index in [0.717, 1.165) is 11.1 Å². The second-order valence-electron chi connectivity index (χ2n) is 5.43. The highest BCUT2D eigenvalue weighted by atomic mass is 35.5. The summed E-state index contributed by atoms with van der Waals surface area (Å²) in [5.74, 6) is -0.302. The van der Waals surface area contributed by atoms with E-state index in [1.807, 2.05) is 18.2 Å². The fourth-order valence-corrected chi connectivity index (χ4v) is 3.04. The number of benzene rings is 2. The number of amides is 1. The van der Waals surface area contributed by atoms with Crippen molar-refractivity contribution in [2.24, 2.45) is 7.05 Å². The highest BCUT2D eigenvalue weighted by molar-refractivity contribution is 6.45. The van der Waals surface area contributed by atoms with Crippen LogP contribution in [-0.4, -0.2) is 22.2 Å². The molecule has 6 heteroatoms. The summed E-state index contributed by atoms with van der Waals surface area (Å²) in [6, 6.07) is 14.8. The Morgan fingerprint density at radius 1 is 1.38 bits per heavy atom. The molecule has 2 N–H and O–H groups in total. The maximum atomic E-state index is 12.6. The van der Waals surface area contributed by atoms with Crippen LogP contribution < -0.4 is 5.32 Å². The predicted molar refractivity (Wildman–Crippen MR) is 95.5 cm³/mol. The van der Waals surface area contributed by atoms with E-state index in [0.29, 0.717) is 21.1 Å². The molecule has 0 spiro atoms. The first-order valence-corrected chi connectivity index (χ1v) is 8.09. The summed E-state index contributed by atoms with van der Waals surface area (Å²) in [5, 5.41) is 14.0. The van der Waals surface area contributed by atoms with Crippen LogP contribution in [0.25, 0.3) is 10.9 Å². The molecule has 1 heterocycles. The van der Waals surface area contributed by atoms with Gasteiger partial charge in [-0.3, -0.25) is 4.79 Å². The molecule has 0 aliphatic heterocycles. The van der Waals surface area contributed by atoms with Crippen LogP contribution in [0, 0.1) is 6.07 Å². The average Bonchev–Trinajstić information content (AvgIpc) is 2.94. The van der Waals surface area contributed by atoms with Gasteiger partial charge in [-0.05, 0) is 35.9 Å². The van der Waals surface area contributed by atoms with Gasteiger partial charge in [0.15, 0.2) is 0 Å². The van der Waals surface area contributed by atoms with Gasteiger partial charge in [0.05, 0.1) is 22.7 Å². The standard InChI is InChI=1S/C18H15Cl2N2O2/c1-22-15-8-7-13(19)17(20)12(15)9-16(22)18(24)21-14(10-23)11-5-3-2-4-6-11/h2-3,5-9,14,23H,10H2,1H3,(H,21,24)/t14-/m1/s1. The summed E-state index contributed by atoms with van der Waals surface area (Å²) in [7, 11) is 1.78. The Kier molecular flexibility index (Phi) is 4.81. The third kappa shape index (κ3) is 3.00. The van der Waals surface area contributed by atoms with Gasteiger partial charge in [-0.2, -0.15) is 0 Å². The maximum Gasteiger partial charge on any atom is 0.268 e. The molecule has 0 bridgehead atoms. The lowest BCUT2D eigenvalue weighted by Crippen LogP contribution is -2.31. The Balaban J connectivity index is 1.94. The Bertz CT molecular complexity index is 891. The number of halogens is 2. The van der Waals surface area contributed by atoms with Gasteiger partial charge in [-0.1, -0.05) is 41.4 Å². The van der Waals surface area contributed by atoms with E-state index in [1.54, 1.807) is 35.9 Å². The van der Waals surface area contributed by atoms with Crippen molar-refractivity contribution in [2.45, 2.75) is 6.04 Å². The molecule has 0 saturated carbocycles. The van der Waals surface area contributed by atoms with Crippen molar-refractivity contribution in [1.82, 2.24) is 9.88 Å². The number of aliphatic hydroxyl groups is 1. The number of nitrogens with one attached hydrogen (secondary N) is 1. The summed E-state index contributed by atoms with van der Waals surface area (Å²) < 4.78 is 1.75. The van der Waals surface area contributed by atoms with E-state index < -0.39 is 6.04 Å². The van der Waals surface area contributed by atoms with Crippen LogP contribution in [0.2, 0.25) is 10.0 Å². The molecule has 3 aromatic rings. The third-order valence-corrected chi connectivity index (χ3v) is 4.79. The van der Waals surface area contributed by atoms with Crippen LogP contribution in [0.5, 0.6) is 0 Å². The molecule has 1 amide bonds. The zero-order valence-electron chi connectivity index (χ0n) is 12.9. The number of aliphatic hydroxyl groups excluding tert-OH is 1. The summed E-state index contributed by atoms with van der Waals surface area (Å²) in [5.41, 5.74) is 2.03. The van der Waals surface area contributed by atoms with E-state index in [4.69, 9.17) is 23.2 Å². The minimum atomic E-state index is -0.507. The first-order valence-electron chi connectivity index (χ1n) is 7.34. The van der Waals surface area contributed by atoms with Crippen LogP contribution in [0.1, 0.15) is 22.1 Å². The normalized spacial score (nSPS) is 12.3. The second-order valence-corrected chi connectivity index (χ2v) is 6.21. The van der Waals surface area contributed by atoms with E-state index in [-0.39, 0.29) is 12.5 Å². The average molecular weight is 362 g/mol. The number of hydrogen-bond acceptors (Lipinski definition) is 2. The highest BCUT2D eigenvalue weighted by Crippen LogP contribution is 2.32. The minimum absolute atomic E-state index is 0.208. The van der Waals surface area contributed by atoms with E-state index >= 15 is 0 Å². The molecule has 24 heavy (non-hydrogen) atoms. The van der Waals surface area contributed by atoms with Crippen molar-refractivity contribution >= 4 is 40.0 Å². The first-order chi connectivity index (χ1) is 11.5. The van der Waals surface area contributed by atoms with E-state index in [9.17, 15) is 9.90 Å². The van der Waals surface area contributed by atoms with Gasteiger partial charge in [0.2, 0.25) is 0 Å². The maximum absolute atomic E-state index is 12.6. The molecule has 0 aliphatic carbocycles. The Labute approximate surface area is 149 Å². The second kappa shape index (κ2) is 6.85. The fraction of sp³-hybridized carbons (Fsp3) is 0.167. The monoisotopic (exact) mass is 361 g/mol. The summed E-state index contributed by atoms with van der Waals surface area (Å²) in [4.78, 5) is 12.6. The quantitative estimate of drug-likeness (QED) is 0.743. The van der Waals surface area contributed by atoms with Gasteiger partial charge in [0.25, 0.3) is 5.91 Å². The molecule has 123 valence electrons. The Morgan fingerprint density at radius 3 is 2.83 bits per heavy atom. The van der Waals surface area contributed by atoms with Gasteiger partial charge in [-0.25, -0.2) is 0 Å². The number of nitrogens with zero attached hydrogens (tertiary/aromatic N) is 1. The molecular weight excluding hydrogens is 347 g/mol. The van der Waals surface area contributed by atoms with Gasteiger partial charge < -0.3 is 15.0 Å². The van der Waals surface area contributed by atoms with Gasteiger partial charge in [0.1, 0.15) is 5.69 Å². The summed E-state index contributed by atoms with van der Waals surface area (Å²) in [6.07, 6.45) is 0. The summed E-state index contributed by atoms with van der Waals surface area (Å²) in [6.45, 7) is -0.208. The van der Waals surface area contributed by atoms with Crippen molar-refractivity contribution in [3.8, 4) is 0 Å². The molecule has 1 radical (unpaired) electrons. The number of rotatable bonds is 4. The molecule has 3 rings (SSSR count). The first kappa shape index (κ1) is 16.8. The molecule has 1 atom stereocenters. The molecule has 0 aliphatic rings. The van der Waals surface area contributed by atoms with Gasteiger partial charge >= 0.3 is 0 Å². The van der Waals surface area contributed by atoms with Crippen molar-refractivity contribution in [1.29, 1.82) is 0 Å². The lowest BCUT2D eigenvalue weighted by Gasteiger charge is -2.16. The van der Waals surface area contributed by atoms with Crippen LogP contribution in [0.15, 0.2) is 42.5 Å². The van der Waals surface area contributed by atoms with Crippen molar-refractivity contribution in [2.75, 3.05) is 6.61 Å². The molecule has 0 fully saturated rings. The van der Waals surface area contributed by atoms with E-state index in [2.05, 4.69) is 11.4 Å². The van der Waals surface area contributed by atoms with Gasteiger partial charge in [0, 0.05) is 18.0 Å². The van der Waals surface area contributed by atoms with Crippen LogP contribution in [0.3, 0.4) is 0 Å². The minimum Gasteiger partial charge on any atom is -0.394 e. The predicted octanol–water partition coefficient (Wildman–Crippen LogP) is 3.75. The summed E-state index contributed by atoms with van der Waals surface area (Å²) >= 11 is 12.3. The lowest BCUT2D eigenvalue weighted by molar-refractivity contribution is 0.0908. The largest absolute Gasteiger partial charge is 0.394 e. The Morgan fingerprint density at radius 2 is 2.17 bits per heavy atom. The van der Waals surface area contributed by atoms with Gasteiger partial charge in [-0.15, -0.1) is 0 Å². The number of fused-ring (bicyclic) bond motifs is 1. The molecule has 0 unspecified atom stereocenters. The van der Waals surface area contributed by atoms with Crippen molar-refractivity contribution in [3.05, 3.63) is 69.8 Å². The van der Waals surface area contributed by atoms with Crippen LogP contribution >= 0.6 is 23.2 Å². The van der Waals surface area contributed by atoms with Crippen LogP contribution in [-0.2, 0) is 7.05 Å². The lowest BCUT2D eigenvalue weighted by atomic mass is 10.1. The molecular formula is C18H15Cl2N2O2. The van der Waals surface area contributed by atoms with E-state index in [1.165, 1.54) is 0 Å². The SMILES string of the molecule is Cn1c(C(=O)N[C@H](CO)c2c[c]ccc2)cc2c(Cl)c(Cl)ccc21. The molecule has 2 aromatic carbocycles. The number of carbonyl (C=O) groups is 1. The van der Waals surface area contributed by atoms with Crippen LogP contribution in [0.4, 0.5) is 0 Å². The van der Waals surface area contributed by atoms with Crippen molar-refractivity contribution in [3.63, 3.8) is 0 Å². The zero-order chi connectivity index (χ0) is 17.3. The van der Waals surface area contributed by atoms with Crippen molar-refractivity contribution < 1.29 is 9.90 Å². The number of hydrogen-bond donors (Lipinski definition) is 2. The molecule has 1 aromatic heterocycles. The zero-order valence-corrected chi connectivity index (χ0v) is 14.4. The Hall–Kier alpha value is -2.01. The smallest absolute Gasteiger partial charge is 0.268 e. The number of aromatic nitrogens is 1.